The average Bonchev–Trinajstić information content (AvgIpc) is 3.11. The van der Waals surface area contributed by atoms with Crippen LogP contribution in [0.5, 0.6) is 5.75 Å². The summed E-state index contributed by atoms with van der Waals surface area (Å²) in [5.41, 5.74) is 3.27. The van der Waals surface area contributed by atoms with Crippen LogP contribution in [0.1, 0.15) is 29.2 Å². The molecule has 4 aromatic rings. The van der Waals surface area contributed by atoms with Gasteiger partial charge in [-0.05, 0) is 60.7 Å². The number of anilines is 1. The number of aryl methyl sites for hydroxylation is 1. The molecular formula is C37H42N4O7S. The molecule has 0 aliphatic heterocycles. The molecule has 2 unspecified atom stereocenters. The summed E-state index contributed by atoms with van der Waals surface area (Å²) in [6.07, 6.45) is -1.49. The second kappa shape index (κ2) is 17.8. The maximum absolute atomic E-state index is 14.0. The van der Waals surface area contributed by atoms with Gasteiger partial charge in [0.05, 0.1) is 18.8 Å². The molecule has 12 heteroatoms. The molecule has 3 amide bonds. The van der Waals surface area contributed by atoms with Crippen molar-refractivity contribution in [3.8, 4) is 5.75 Å². The SMILES string of the molecule is COc1ccc(C[C@H](NC(=O)[C@H](C)N(c2ccccc2C)[SH](=O)=O)C(=O)NC(Cc2ccccc2)C(O)C(=O)NCc2ccccc2)cc1. The first-order valence-electron chi connectivity index (χ1n) is 15.8. The van der Waals surface area contributed by atoms with Crippen molar-refractivity contribution in [1.82, 2.24) is 16.0 Å². The molecule has 258 valence electrons. The number of para-hydroxylation sites is 1. The molecule has 0 radical (unpaired) electrons. The summed E-state index contributed by atoms with van der Waals surface area (Å²) in [5.74, 6) is -1.45. The Bertz CT molecular complexity index is 1760. The first-order chi connectivity index (χ1) is 23.6. The molecule has 4 rings (SSSR count). The van der Waals surface area contributed by atoms with Crippen molar-refractivity contribution in [1.29, 1.82) is 0 Å². The Morgan fingerprint density at radius 1 is 0.735 bits per heavy atom. The molecule has 0 aliphatic rings. The van der Waals surface area contributed by atoms with Crippen molar-refractivity contribution >= 4 is 34.3 Å². The van der Waals surface area contributed by atoms with Crippen LogP contribution in [0.2, 0.25) is 0 Å². The Labute approximate surface area is 288 Å². The summed E-state index contributed by atoms with van der Waals surface area (Å²) >= 11 is 0. The number of aliphatic hydroxyl groups is 1. The Morgan fingerprint density at radius 3 is 1.90 bits per heavy atom. The number of hydrogen-bond donors (Lipinski definition) is 5. The van der Waals surface area contributed by atoms with E-state index in [1.807, 2.05) is 60.7 Å². The highest BCUT2D eigenvalue weighted by atomic mass is 32.2. The van der Waals surface area contributed by atoms with Crippen LogP contribution in [0.3, 0.4) is 0 Å². The van der Waals surface area contributed by atoms with E-state index < -0.39 is 52.8 Å². The van der Waals surface area contributed by atoms with Gasteiger partial charge in [-0.15, -0.1) is 0 Å². The van der Waals surface area contributed by atoms with Crippen molar-refractivity contribution < 1.29 is 32.6 Å². The number of aliphatic hydroxyl groups excluding tert-OH is 1. The van der Waals surface area contributed by atoms with Gasteiger partial charge in [0.25, 0.3) is 5.91 Å². The van der Waals surface area contributed by atoms with Crippen molar-refractivity contribution in [2.45, 2.75) is 57.5 Å². The van der Waals surface area contributed by atoms with Crippen LogP contribution >= 0.6 is 0 Å². The molecule has 49 heavy (non-hydrogen) atoms. The van der Waals surface area contributed by atoms with Gasteiger partial charge < -0.3 is 25.8 Å². The number of ether oxygens (including phenoxy) is 1. The lowest BCUT2D eigenvalue weighted by molar-refractivity contribution is -0.134. The molecular weight excluding hydrogens is 644 g/mol. The third-order valence-electron chi connectivity index (χ3n) is 8.10. The molecule has 4 N–H and O–H groups in total. The molecule has 0 saturated heterocycles. The molecule has 11 nitrogen and oxygen atoms in total. The molecule has 4 atom stereocenters. The topological polar surface area (TPSA) is 154 Å². The first-order valence-corrected chi connectivity index (χ1v) is 17.0. The number of carbonyl (C=O) groups excluding carboxylic acids is 3. The van der Waals surface area contributed by atoms with Crippen molar-refractivity contribution in [2.75, 3.05) is 11.4 Å². The van der Waals surface area contributed by atoms with Gasteiger partial charge in [0.1, 0.15) is 17.8 Å². The van der Waals surface area contributed by atoms with E-state index in [1.54, 1.807) is 55.5 Å². The quantitative estimate of drug-likeness (QED) is 0.114. The number of amides is 3. The highest BCUT2D eigenvalue weighted by molar-refractivity contribution is 7.74. The van der Waals surface area contributed by atoms with E-state index in [9.17, 15) is 27.9 Å². The van der Waals surface area contributed by atoms with E-state index in [2.05, 4.69) is 16.0 Å². The number of nitrogens with zero attached hydrogens (tertiary/aromatic N) is 1. The van der Waals surface area contributed by atoms with Crippen molar-refractivity contribution in [2.24, 2.45) is 0 Å². The normalized spacial score (nSPS) is 13.4. The van der Waals surface area contributed by atoms with Crippen LogP contribution in [-0.2, 0) is 44.7 Å². The fourth-order valence-corrected chi connectivity index (χ4v) is 6.12. The summed E-state index contributed by atoms with van der Waals surface area (Å²) in [7, 11) is -1.69. The van der Waals surface area contributed by atoms with Crippen LogP contribution in [-0.4, -0.2) is 62.6 Å². The second-order valence-corrected chi connectivity index (χ2v) is 12.5. The van der Waals surface area contributed by atoms with Crippen LogP contribution < -0.4 is 25.0 Å². The monoisotopic (exact) mass is 686 g/mol. The van der Waals surface area contributed by atoms with Crippen LogP contribution in [0.25, 0.3) is 0 Å². The number of thiol groups is 1. The van der Waals surface area contributed by atoms with Gasteiger partial charge in [-0.1, -0.05) is 91.0 Å². The van der Waals surface area contributed by atoms with Gasteiger partial charge in [0, 0.05) is 13.0 Å². The second-order valence-electron chi connectivity index (χ2n) is 11.6. The van der Waals surface area contributed by atoms with Crippen LogP contribution in [0.15, 0.2) is 109 Å². The van der Waals surface area contributed by atoms with Gasteiger partial charge in [-0.3, -0.25) is 18.7 Å². The smallest absolute Gasteiger partial charge is 0.251 e. The van der Waals surface area contributed by atoms with Gasteiger partial charge in [0.2, 0.25) is 22.7 Å². The van der Waals surface area contributed by atoms with E-state index in [0.717, 1.165) is 15.4 Å². The predicted molar refractivity (Wildman–Crippen MR) is 188 cm³/mol. The lowest BCUT2D eigenvalue weighted by Crippen LogP contribution is -2.58. The fraction of sp³-hybridized carbons (Fsp3) is 0.270. The van der Waals surface area contributed by atoms with Crippen LogP contribution in [0, 0.1) is 6.92 Å². The summed E-state index contributed by atoms with van der Waals surface area (Å²) in [6.45, 7) is 3.35. The predicted octanol–water partition coefficient (Wildman–Crippen LogP) is 2.86. The lowest BCUT2D eigenvalue weighted by atomic mass is 9.98. The van der Waals surface area contributed by atoms with Gasteiger partial charge in [-0.25, -0.2) is 8.42 Å². The molecule has 0 aliphatic carbocycles. The Balaban J connectivity index is 1.59. The van der Waals surface area contributed by atoms with E-state index in [4.69, 9.17) is 4.74 Å². The molecule has 0 aromatic heterocycles. The van der Waals surface area contributed by atoms with E-state index >= 15 is 0 Å². The van der Waals surface area contributed by atoms with E-state index in [1.165, 1.54) is 14.0 Å². The molecule has 0 fully saturated rings. The summed E-state index contributed by atoms with van der Waals surface area (Å²) in [5, 5.41) is 19.5. The number of methoxy groups -OCH3 is 1. The zero-order valence-corrected chi connectivity index (χ0v) is 28.5. The zero-order chi connectivity index (χ0) is 35.3. The highest BCUT2D eigenvalue weighted by Gasteiger charge is 2.33. The highest BCUT2D eigenvalue weighted by Crippen LogP contribution is 2.22. The first kappa shape index (κ1) is 36.6. The summed E-state index contributed by atoms with van der Waals surface area (Å²) in [4.78, 5) is 40.9. The number of carbonyl (C=O) groups is 3. The number of benzene rings is 4. The number of nitrogens with one attached hydrogen (secondary N) is 3. The standard InChI is InChI=1S/C37H42N4O7S/c1-25-12-10-11-17-33(25)41(49(46)47)26(2)35(43)40-32(23-28-18-20-30(48-3)21-19-28)36(44)39-31(22-27-13-6-4-7-14-27)34(42)37(45)38-24-29-15-8-5-9-16-29/h4-21,26,31-32,34,42,49H,22-24H2,1-3H3,(H,38,45)(H,39,44)(H,40,43)/t26-,31?,32-,34?/m0/s1. The Morgan fingerprint density at radius 2 is 1.31 bits per heavy atom. The van der Waals surface area contributed by atoms with Crippen LogP contribution in [0.4, 0.5) is 5.69 Å². The summed E-state index contributed by atoms with van der Waals surface area (Å²) < 4.78 is 31.0. The molecule has 0 saturated carbocycles. The zero-order valence-electron chi connectivity index (χ0n) is 27.6. The minimum absolute atomic E-state index is 0.0243. The molecule has 0 heterocycles. The number of hydrogen-bond acceptors (Lipinski definition) is 7. The van der Waals surface area contributed by atoms with Gasteiger partial charge in [0.15, 0.2) is 6.10 Å². The minimum Gasteiger partial charge on any atom is -0.497 e. The third kappa shape index (κ3) is 10.4. The Kier molecular flexibility index (Phi) is 13.3. The molecule has 0 spiro atoms. The van der Waals surface area contributed by atoms with E-state index in [-0.39, 0.29) is 19.4 Å². The fourth-order valence-electron chi connectivity index (χ4n) is 5.33. The molecule has 0 bridgehead atoms. The van der Waals surface area contributed by atoms with Gasteiger partial charge >= 0.3 is 0 Å². The van der Waals surface area contributed by atoms with Gasteiger partial charge in [-0.2, -0.15) is 0 Å². The summed E-state index contributed by atoms with van der Waals surface area (Å²) in [6, 6.07) is 28.5. The average molecular weight is 687 g/mol. The number of rotatable bonds is 16. The third-order valence-corrected chi connectivity index (χ3v) is 9.02. The van der Waals surface area contributed by atoms with E-state index in [0.29, 0.717) is 22.6 Å². The largest absolute Gasteiger partial charge is 0.497 e. The van der Waals surface area contributed by atoms with Crippen molar-refractivity contribution in [3.63, 3.8) is 0 Å². The lowest BCUT2D eigenvalue weighted by Gasteiger charge is -2.29. The molecule has 4 aromatic carbocycles. The van der Waals surface area contributed by atoms with Crippen molar-refractivity contribution in [3.05, 3.63) is 131 Å². The maximum atomic E-state index is 14.0. The minimum atomic E-state index is -3.22. The maximum Gasteiger partial charge on any atom is 0.251 e. The Hall–Kier alpha value is -5.20.